The topological polar surface area (TPSA) is 40.5 Å². The number of aliphatic hydroxyl groups is 1. The number of likely N-dealkylation sites (tertiary alicyclic amines) is 1. The van der Waals surface area contributed by atoms with E-state index in [0.29, 0.717) is 5.41 Å². The second-order valence-corrected chi connectivity index (χ2v) is 4.54. The summed E-state index contributed by atoms with van der Waals surface area (Å²) in [4.78, 5) is 13.3. The zero-order chi connectivity index (χ0) is 9.47. The van der Waals surface area contributed by atoms with E-state index in [2.05, 4.69) is 0 Å². The van der Waals surface area contributed by atoms with Gasteiger partial charge in [-0.1, -0.05) is 6.42 Å². The van der Waals surface area contributed by atoms with Gasteiger partial charge in [-0.05, 0) is 31.6 Å². The molecule has 13 heavy (non-hydrogen) atoms. The summed E-state index contributed by atoms with van der Waals surface area (Å²) in [6, 6.07) is 0. The number of hydrogen-bond donors (Lipinski definition) is 1. The minimum absolute atomic E-state index is 0.0937. The summed E-state index contributed by atoms with van der Waals surface area (Å²) in [7, 11) is 0. The van der Waals surface area contributed by atoms with Gasteiger partial charge in [-0.2, -0.15) is 0 Å². The summed E-state index contributed by atoms with van der Waals surface area (Å²) in [6.07, 6.45) is 4.19. The number of rotatable bonds is 1. The Morgan fingerprint density at radius 3 is 2.54 bits per heavy atom. The van der Waals surface area contributed by atoms with E-state index in [1.54, 1.807) is 6.92 Å². The Balaban J connectivity index is 1.94. The van der Waals surface area contributed by atoms with E-state index >= 15 is 0 Å². The van der Waals surface area contributed by atoms with Gasteiger partial charge in [0.2, 0.25) is 0 Å². The van der Waals surface area contributed by atoms with Crippen molar-refractivity contribution in [3.8, 4) is 0 Å². The fourth-order valence-electron chi connectivity index (χ4n) is 2.47. The van der Waals surface area contributed by atoms with E-state index in [1.165, 1.54) is 19.3 Å². The first-order chi connectivity index (χ1) is 6.13. The normalized spacial score (nSPS) is 27.4. The van der Waals surface area contributed by atoms with E-state index in [0.717, 1.165) is 19.5 Å². The lowest BCUT2D eigenvalue weighted by molar-refractivity contribution is -0.138. The monoisotopic (exact) mass is 183 g/mol. The molecule has 1 heterocycles. The van der Waals surface area contributed by atoms with Crippen LogP contribution in [-0.2, 0) is 4.79 Å². The van der Waals surface area contributed by atoms with Gasteiger partial charge in [-0.25, -0.2) is 0 Å². The van der Waals surface area contributed by atoms with Crippen LogP contribution in [0.5, 0.6) is 0 Å². The first-order valence-corrected chi connectivity index (χ1v) is 5.10. The smallest absolute Gasteiger partial charge is 0.251 e. The predicted molar refractivity (Wildman–Crippen MR) is 49.2 cm³/mol. The highest BCUT2D eigenvalue weighted by Gasteiger charge is 2.44. The van der Waals surface area contributed by atoms with Crippen molar-refractivity contribution in [2.45, 2.75) is 38.7 Å². The molecule has 0 unspecified atom stereocenters. The Labute approximate surface area is 78.7 Å². The fraction of sp³-hybridized carbons (Fsp3) is 0.900. The Kier molecular flexibility index (Phi) is 2.06. The van der Waals surface area contributed by atoms with Gasteiger partial charge in [0.15, 0.2) is 0 Å². The second kappa shape index (κ2) is 2.98. The van der Waals surface area contributed by atoms with Gasteiger partial charge in [0, 0.05) is 13.1 Å². The largest absolute Gasteiger partial charge is 0.384 e. The minimum Gasteiger partial charge on any atom is -0.384 e. The molecule has 1 aliphatic heterocycles. The zero-order valence-electron chi connectivity index (χ0n) is 8.12. The van der Waals surface area contributed by atoms with Crippen LogP contribution in [0.15, 0.2) is 0 Å². The molecule has 1 aliphatic carbocycles. The van der Waals surface area contributed by atoms with Crippen molar-refractivity contribution in [1.29, 1.82) is 0 Å². The van der Waals surface area contributed by atoms with Crippen LogP contribution in [0.25, 0.3) is 0 Å². The molecule has 1 saturated carbocycles. The third-order valence-corrected chi connectivity index (χ3v) is 3.52. The molecule has 0 aromatic heterocycles. The van der Waals surface area contributed by atoms with Crippen molar-refractivity contribution in [3.05, 3.63) is 0 Å². The molecule has 1 spiro atoms. The van der Waals surface area contributed by atoms with Crippen LogP contribution in [0.4, 0.5) is 0 Å². The van der Waals surface area contributed by atoms with Gasteiger partial charge < -0.3 is 10.0 Å². The standard InChI is InChI=1S/C10H17NO2/c1-8(12)9(13)11-6-5-10(7-11)3-2-4-10/h8,12H,2-7H2,1H3/t8-/m0/s1. The molecule has 1 saturated heterocycles. The molecular formula is C10H17NO2. The van der Waals surface area contributed by atoms with E-state index in [9.17, 15) is 4.79 Å². The summed E-state index contributed by atoms with van der Waals surface area (Å²) in [5, 5.41) is 9.15. The lowest BCUT2D eigenvalue weighted by atomic mass is 9.68. The van der Waals surface area contributed by atoms with Crippen molar-refractivity contribution in [2.75, 3.05) is 13.1 Å². The van der Waals surface area contributed by atoms with E-state index in [4.69, 9.17) is 5.11 Å². The van der Waals surface area contributed by atoms with Gasteiger partial charge in [0.05, 0.1) is 0 Å². The van der Waals surface area contributed by atoms with Crippen LogP contribution in [0, 0.1) is 5.41 Å². The van der Waals surface area contributed by atoms with Gasteiger partial charge >= 0.3 is 0 Å². The van der Waals surface area contributed by atoms with E-state index < -0.39 is 6.10 Å². The molecule has 0 bridgehead atoms. The highest BCUT2D eigenvalue weighted by atomic mass is 16.3. The number of carbonyl (C=O) groups is 1. The number of carbonyl (C=O) groups excluding carboxylic acids is 1. The molecule has 3 heteroatoms. The molecule has 74 valence electrons. The van der Waals surface area contributed by atoms with Crippen LogP contribution >= 0.6 is 0 Å². The average molecular weight is 183 g/mol. The van der Waals surface area contributed by atoms with Gasteiger partial charge in [-0.15, -0.1) is 0 Å². The maximum Gasteiger partial charge on any atom is 0.251 e. The van der Waals surface area contributed by atoms with E-state index in [1.807, 2.05) is 4.90 Å². The quantitative estimate of drug-likeness (QED) is 0.652. The maximum atomic E-state index is 11.4. The van der Waals surface area contributed by atoms with Crippen molar-refractivity contribution in [3.63, 3.8) is 0 Å². The molecule has 0 radical (unpaired) electrons. The SMILES string of the molecule is C[C@H](O)C(=O)N1CCC2(CCC2)C1. The molecular weight excluding hydrogens is 166 g/mol. The summed E-state index contributed by atoms with van der Waals surface area (Å²) < 4.78 is 0. The van der Waals surface area contributed by atoms with Crippen LogP contribution in [0.3, 0.4) is 0 Å². The summed E-state index contributed by atoms with van der Waals surface area (Å²) in [6.45, 7) is 3.29. The highest BCUT2D eigenvalue weighted by Crippen LogP contribution is 2.47. The molecule has 2 rings (SSSR count). The van der Waals surface area contributed by atoms with Crippen molar-refractivity contribution in [1.82, 2.24) is 4.90 Å². The van der Waals surface area contributed by atoms with Crippen molar-refractivity contribution >= 4 is 5.91 Å². The Bertz CT molecular complexity index is 221. The van der Waals surface area contributed by atoms with Crippen LogP contribution in [0.2, 0.25) is 0 Å². The van der Waals surface area contributed by atoms with Crippen molar-refractivity contribution in [2.24, 2.45) is 5.41 Å². The number of nitrogens with zero attached hydrogens (tertiary/aromatic N) is 1. The highest BCUT2D eigenvalue weighted by molar-refractivity contribution is 5.80. The van der Waals surface area contributed by atoms with Gasteiger partial charge in [0.25, 0.3) is 5.91 Å². The number of aliphatic hydroxyl groups excluding tert-OH is 1. The lowest BCUT2D eigenvalue weighted by Gasteiger charge is -2.38. The molecule has 2 aliphatic rings. The summed E-state index contributed by atoms with van der Waals surface area (Å²) in [5.41, 5.74) is 0.449. The first kappa shape index (κ1) is 9.00. The third kappa shape index (κ3) is 1.46. The van der Waals surface area contributed by atoms with Crippen molar-refractivity contribution < 1.29 is 9.90 Å². The Hall–Kier alpha value is -0.570. The maximum absolute atomic E-state index is 11.4. The molecule has 1 N–H and O–H groups in total. The predicted octanol–water partition coefficient (Wildman–Crippen LogP) is 0.770. The lowest BCUT2D eigenvalue weighted by Crippen LogP contribution is -2.39. The molecule has 0 aromatic carbocycles. The zero-order valence-corrected chi connectivity index (χ0v) is 8.12. The average Bonchev–Trinajstić information content (AvgIpc) is 2.45. The Morgan fingerprint density at radius 2 is 2.15 bits per heavy atom. The molecule has 3 nitrogen and oxygen atoms in total. The summed E-state index contributed by atoms with van der Waals surface area (Å²) >= 11 is 0. The molecule has 0 aromatic rings. The minimum atomic E-state index is -0.824. The molecule has 2 fully saturated rings. The first-order valence-electron chi connectivity index (χ1n) is 5.10. The van der Waals surface area contributed by atoms with Crippen LogP contribution in [-0.4, -0.2) is 35.1 Å². The van der Waals surface area contributed by atoms with Crippen LogP contribution < -0.4 is 0 Å². The fourth-order valence-corrected chi connectivity index (χ4v) is 2.47. The third-order valence-electron chi connectivity index (χ3n) is 3.52. The number of hydrogen-bond acceptors (Lipinski definition) is 2. The Morgan fingerprint density at radius 1 is 1.46 bits per heavy atom. The molecule has 1 amide bonds. The second-order valence-electron chi connectivity index (χ2n) is 4.54. The van der Waals surface area contributed by atoms with Gasteiger partial charge in [0.1, 0.15) is 6.10 Å². The summed E-state index contributed by atoms with van der Waals surface area (Å²) in [5.74, 6) is -0.0937. The molecule has 1 atom stereocenters. The van der Waals surface area contributed by atoms with Gasteiger partial charge in [-0.3, -0.25) is 4.79 Å². The van der Waals surface area contributed by atoms with Crippen LogP contribution in [0.1, 0.15) is 32.6 Å². The van der Waals surface area contributed by atoms with E-state index in [-0.39, 0.29) is 5.91 Å². The number of amides is 1.